The zero-order valence-corrected chi connectivity index (χ0v) is 10.9. The van der Waals surface area contributed by atoms with Crippen LogP contribution in [0.5, 0.6) is 0 Å². The van der Waals surface area contributed by atoms with Crippen LogP contribution >= 0.6 is 0 Å². The van der Waals surface area contributed by atoms with Gasteiger partial charge in [0.2, 0.25) is 0 Å². The number of carboxylic acid groups (broad SMARTS) is 1. The van der Waals surface area contributed by atoms with Gasteiger partial charge in [-0.25, -0.2) is 4.39 Å². The van der Waals surface area contributed by atoms with Crippen LogP contribution in [0, 0.1) is 6.92 Å². The van der Waals surface area contributed by atoms with Gasteiger partial charge in [0.15, 0.2) is 0 Å². The fourth-order valence-corrected chi connectivity index (χ4v) is 2.98. The number of benzene rings is 1. The first-order chi connectivity index (χ1) is 8.47. The van der Waals surface area contributed by atoms with Gasteiger partial charge < -0.3 is 5.11 Å². The standard InChI is InChI=1S/C15H19FO2/c1-10-5-6-12(11(2)16)9-13(10)15(14(17)18)7-3-4-8-15/h5-6,9,11H,3-4,7-8H2,1-2H3,(H,17,18). The second kappa shape index (κ2) is 4.71. The number of aryl methyl sites for hydroxylation is 1. The van der Waals surface area contributed by atoms with Crippen molar-refractivity contribution in [2.24, 2.45) is 0 Å². The summed E-state index contributed by atoms with van der Waals surface area (Å²) >= 11 is 0. The second-order valence-electron chi connectivity index (χ2n) is 5.28. The highest BCUT2D eigenvalue weighted by Crippen LogP contribution is 2.43. The second-order valence-corrected chi connectivity index (χ2v) is 5.28. The van der Waals surface area contributed by atoms with Gasteiger partial charge in [0.25, 0.3) is 0 Å². The predicted octanol–water partition coefficient (Wildman–Crippen LogP) is 3.92. The minimum absolute atomic E-state index is 0.572. The lowest BCUT2D eigenvalue weighted by Gasteiger charge is -2.27. The summed E-state index contributed by atoms with van der Waals surface area (Å²) in [5, 5.41) is 9.58. The SMILES string of the molecule is Cc1ccc(C(C)F)cc1C1(C(=O)O)CCCC1. The Labute approximate surface area is 107 Å². The largest absolute Gasteiger partial charge is 0.481 e. The summed E-state index contributed by atoms with van der Waals surface area (Å²) in [4.78, 5) is 11.7. The van der Waals surface area contributed by atoms with Gasteiger partial charge in [-0.15, -0.1) is 0 Å². The average Bonchev–Trinajstić information content (AvgIpc) is 2.79. The molecule has 0 radical (unpaired) electrons. The van der Waals surface area contributed by atoms with Crippen molar-refractivity contribution in [3.05, 3.63) is 34.9 Å². The zero-order chi connectivity index (χ0) is 13.3. The minimum Gasteiger partial charge on any atom is -0.481 e. The molecule has 2 nitrogen and oxygen atoms in total. The first-order valence-electron chi connectivity index (χ1n) is 6.46. The maximum atomic E-state index is 13.4. The molecule has 1 saturated carbocycles. The lowest BCUT2D eigenvalue weighted by atomic mass is 9.76. The summed E-state index contributed by atoms with van der Waals surface area (Å²) in [5.41, 5.74) is 1.52. The first kappa shape index (κ1) is 13.1. The number of alkyl halides is 1. The van der Waals surface area contributed by atoms with E-state index >= 15 is 0 Å². The topological polar surface area (TPSA) is 37.3 Å². The monoisotopic (exact) mass is 250 g/mol. The van der Waals surface area contributed by atoms with E-state index in [9.17, 15) is 14.3 Å². The number of aliphatic carboxylic acids is 1. The Morgan fingerprint density at radius 3 is 2.50 bits per heavy atom. The van der Waals surface area contributed by atoms with Crippen LogP contribution in [0.15, 0.2) is 18.2 Å². The zero-order valence-electron chi connectivity index (χ0n) is 10.9. The lowest BCUT2D eigenvalue weighted by molar-refractivity contribution is -0.143. The highest BCUT2D eigenvalue weighted by atomic mass is 19.1. The van der Waals surface area contributed by atoms with Crippen molar-refractivity contribution < 1.29 is 14.3 Å². The molecule has 0 amide bonds. The third-order valence-corrected chi connectivity index (χ3v) is 4.10. The normalized spacial score (nSPS) is 19.7. The van der Waals surface area contributed by atoms with Gasteiger partial charge in [-0.05, 0) is 43.4 Å². The summed E-state index contributed by atoms with van der Waals surface area (Å²) in [7, 11) is 0. The molecular formula is C15H19FO2. The van der Waals surface area contributed by atoms with Crippen molar-refractivity contribution in [1.29, 1.82) is 0 Å². The maximum Gasteiger partial charge on any atom is 0.314 e. The third-order valence-electron chi connectivity index (χ3n) is 4.10. The van der Waals surface area contributed by atoms with Crippen LogP contribution in [0.1, 0.15) is 55.5 Å². The van der Waals surface area contributed by atoms with E-state index in [-0.39, 0.29) is 0 Å². The molecule has 0 saturated heterocycles. The average molecular weight is 250 g/mol. The number of carbonyl (C=O) groups is 1. The molecule has 1 aliphatic carbocycles. The third kappa shape index (κ3) is 2.02. The summed E-state index contributed by atoms with van der Waals surface area (Å²) in [6.45, 7) is 3.39. The van der Waals surface area contributed by atoms with Gasteiger partial charge in [-0.2, -0.15) is 0 Å². The van der Waals surface area contributed by atoms with E-state index in [4.69, 9.17) is 0 Å². The van der Waals surface area contributed by atoms with Crippen LogP contribution in [0.4, 0.5) is 4.39 Å². The summed E-state index contributed by atoms with van der Waals surface area (Å²) < 4.78 is 13.4. The van der Waals surface area contributed by atoms with E-state index in [1.54, 1.807) is 12.1 Å². The van der Waals surface area contributed by atoms with Gasteiger partial charge >= 0.3 is 5.97 Å². The van der Waals surface area contributed by atoms with E-state index in [1.165, 1.54) is 6.92 Å². The van der Waals surface area contributed by atoms with E-state index in [0.29, 0.717) is 18.4 Å². The van der Waals surface area contributed by atoms with Crippen molar-refractivity contribution in [3.63, 3.8) is 0 Å². The van der Waals surface area contributed by atoms with E-state index in [2.05, 4.69) is 0 Å². The van der Waals surface area contributed by atoms with Gasteiger partial charge in [-0.3, -0.25) is 4.79 Å². The number of hydrogen-bond donors (Lipinski definition) is 1. The highest BCUT2D eigenvalue weighted by Gasteiger charge is 2.43. The number of carboxylic acids is 1. The summed E-state index contributed by atoms with van der Waals surface area (Å²) in [5.74, 6) is -0.772. The van der Waals surface area contributed by atoms with E-state index in [1.807, 2.05) is 13.0 Å². The fraction of sp³-hybridized carbons (Fsp3) is 0.533. The van der Waals surface area contributed by atoms with Crippen molar-refractivity contribution >= 4 is 5.97 Å². The fourth-order valence-electron chi connectivity index (χ4n) is 2.98. The molecule has 1 aromatic carbocycles. The Bertz CT molecular complexity index is 460. The lowest BCUT2D eigenvalue weighted by Crippen LogP contribution is -2.33. The molecule has 0 spiro atoms. The Hall–Kier alpha value is -1.38. The molecule has 18 heavy (non-hydrogen) atoms. The van der Waals surface area contributed by atoms with Crippen molar-refractivity contribution in [1.82, 2.24) is 0 Å². The molecule has 1 unspecified atom stereocenters. The molecule has 3 heteroatoms. The van der Waals surface area contributed by atoms with Crippen molar-refractivity contribution in [3.8, 4) is 0 Å². The molecule has 1 fully saturated rings. The molecule has 0 aromatic heterocycles. The van der Waals surface area contributed by atoms with Crippen molar-refractivity contribution in [2.45, 2.75) is 51.1 Å². The Morgan fingerprint density at radius 1 is 1.39 bits per heavy atom. The van der Waals surface area contributed by atoms with Gasteiger partial charge in [0.05, 0.1) is 5.41 Å². The smallest absolute Gasteiger partial charge is 0.314 e. The van der Waals surface area contributed by atoms with Crippen LogP contribution in [0.25, 0.3) is 0 Å². The van der Waals surface area contributed by atoms with Crippen LogP contribution in [0.2, 0.25) is 0 Å². The summed E-state index contributed by atoms with van der Waals surface area (Å²) in [6, 6.07) is 5.33. The van der Waals surface area contributed by atoms with Crippen LogP contribution < -0.4 is 0 Å². The molecule has 0 aliphatic heterocycles. The first-order valence-corrected chi connectivity index (χ1v) is 6.46. The van der Waals surface area contributed by atoms with Crippen LogP contribution in [-0.4, -0.2) is 11.1 Å². The molecule has 1 aromatic rings. The molecular weight excluding hydrogens is 231 g/mol. The highest BCUT2D eigenvalue weighted by molar-refractivity contribution is 5.82. The Kier molecular flexibility index (Phi) is 3.42. The molecule has 1 atom stereocenters. The van der Waals surface area contributed by atoms with Gasteiger partial charge in [-0.1, -0.05) is 31.0 Å². The minimum atomic E-state index is -1.06. The Balaban J connectivity index is 2.54. The molecule has 2 rings (SSSR count). The number of hydrogen-bond acceptors (Lipinski definition) is 1. The predicted molar refractivity (Wildman–Crippen MR) is 68.5 cm³/mol. The van der Waals surface area contributed by atoms with Crippen LogP contribution in [-0.2, 0) is 10.2 Å². The molecule has 98 valence electrons. The molecule has 1 N–H and O–H groups in total. The number of halogens is 1. The Morgan fingerprint density at radius 2 is 2.00 bits per heavy atom. The van der Waals surface area contributed by atoms with Crippen molar-refractivity contribution in [2.75, 3.05) is 0 Å². The molecule has 0 bridgehead atoms. The molecule has 1 aliphatic rings. The summed E-state index contributed by atoms with van der Waals surface area (Å²) in [6.07, 6.45) is 2.12. The quantitative estimate of drug-likeness (QED) is 0.882. The van der Waals surface area contributed by atoms with E-state index < -0.39 is 17.6 Å². The van der Waals surface area contributed by atoms with Crippen LogP contribution in [0.3, 0.4) is 0 Å². The molecule has 0 heterocycles. The van der Waals surface area contributed by atoms with Gasteiger partial charge in [0, 0.05) is 0 Å². The van der Waals surface area contributed by atoms with Gasteiger partial charge in [0.1, 0.15) is 6.17 Å². The maximum absolute atomic E-state index is 13.4. The number of rotatable bonds is 3. The van der Waals surface area contributed by atoms with E-state index in [0.717, 1.165) is 24.0 Å².